The van der Waals surface area contributed by atoms with Crippen LogP contribution in [0.5, 0.6) is 0 Å². The molecule has 2 aromatic carbocycles. The van der Waals surface area contributed by atoms with E-state index in [0.29, 0.717) is 0 Å². The van der Waals surface area contributed by atoms with E-state index >= 15 is 0 Å². The van der Waals surface area contributed by atoms with Gasteiger partial charge in [0.25, 0.3) is 0 Å². The molecule has 0 N–H and O–H groups in total. The second-order valence-corrected chi connectivity index (χ2v) is 4.82. The summed E-state index contributed by atoms with van der Waals surface area (Å²) in [4.78, 5) is 12.3. The minimum atomic E-state index is 0.155. The molecular weight excluding hydrogens is 232 g/mol. The Morgan fingerprint density at radius 2 is 1.37 bits per heavy atom. The van der Waals surface area contributed by atoms with Crippen molar-refractivity contribution in [3.05, 3.63) is 60.2 Å². The smallest absolute Gasteiger partial charge is 0.165 e. The average molecular weight is 252 g/mol. The summed E-state index contributed by atoms with van der Waals surface area (Å²) < 4.78 is 0. The molecule has 0 bridgehead atoms. The number of ketones is 1. The van der Waals surface area contributed by atoms with Crippen LogP contribution >= 0.6 is 0 Å². The molecule has 0 spiro atoms. The third kappa shape index (κ3) is 3.11. The number of carbonyl (C=O) groups excluding carboxylic acids is 1. The van der Waals surface area contributed by atoms with Gasteiger partial charge in [0.1, 0.15) is 0 Å². The lowest BCUT2D eigenvalue weighted by Crippen LogP contribution is -2.12. The zero-order chi connectivity index (χ0) is 13.7. The minimum Gasteiger partial charge on any atom is -0.294 e. The number of hydrogen-bond acceptors (Lipinski definition) is 1. The molecule has 0 aliphatic heterocycles. The molecule has 0 amide bonds. The first-order chi connectivity index (χ1) is 9.26. The Morgan fingerprint density at radius 1 is 0.842 bits per heavy atom. The maximum Gasteiger partial charge on any atom is 0.165 e. The van der Waals surface area contributed by atoms with Crippen LogP contribution in [-0.2, 0) is 0 Å². The fraction of sp³-hybridized carbons (Fsp3) is 0.278. The highest BCUT2D eigenvalue weighted by Crippen LogP contribution is 2.21. The van der Waals surface area contributed by atoms with Gasteiger partial charge in [0.15, 0.2) is 5.78 Å². The summed E-state index contributed by atoms with van der Waals surface area (Å²) in [6, 6.07) is 18.2. The topological polar surface area (TPSA) is 17.1 Å². The van der Waals surface area contributed by atoms with Gasteiger partial charge in [-0.1, -0.05) is 68.4 Å². The Hall–Kier alpha value is -1.89. The summed E-state index contributed by atoms with van der Waals surface area (Å²) >= 11 is 0. The Labute approximate surface area is 115 Å². The van der Waals surface area contributed by atoms with E-state index in [0.717, 1.165) is 24.0 Å². The van der Waals surface area contributed by atoms with Gasteiger partial charge < -0.3 is 0 Å². The number of carbonyl (C=O) groups is 1. The third-order valence-electron chi connectivity index (χ3n) is 3.63. The van der Waals surface area contributed by atoms with Crippen molar-refractivity contribution in [2.45, 2.75) is 26.7 Å². The van der Waals surface area contributed by atoms with Crippen molar-refractivity contribution in [2.75, 3.05) is 0 Å². The molecule has 2 aromatic rings. The molecule has 0 atom stereocenters. The van der Waals surface area contributed by atoms with Crippen LogP contribution in [0, 0.1) is 5.92 Å². The Morgan fingerprint density at radius 3 is 1.89 bits per heavy atom. The Bertz CT molecular complexity index is 521. The number of hydrogen-bond donors (Lipinski definition) is 0. The van der Waals surface area contributed by atoms with Crippen molar-refractivity contribution < 1.29 is 4.79 Å². The molecule has 0 aliphatic carbocycles. The Kier molecular flexibility index (Phi) is 4.51. The summed E-state index contributed by atoms with van der Waals surface area (Å²) in [5.74, 6) is 0.423. The van der Waals surface area contributed by atoms with Crippen molar-refractivity contribution in [3.8, 4) is 11.1 Å². The standard InChI is InChI=1S/C18H20O/c1-3-14(4-2)18(19)17-12-10-16(11-13-17)15-8-6-5-7-9-15/h5-14H,3-4H2,1-2H3. The molecule has 0 heterocycles. The fourth-order valence-electron chi connectivity index (χ4n) is 2.35. The second kappa shape index (κ2) is 6.33. The van der Waals surface area contributed by atoms with Crippen LogP contribution in [0.2, 0.25) is 0 Å². The first-order valence-corrected chi connectivity index (χ1v) is 6.96. The molecule has 0 aromatic heterocycles. The monoisotopic (exact) mass is 252 g/mol. The molecule has 0 saturated carbocycles. The lowest BCUT2D eigenvalue weighted by molar-refractivity contribution is 0.0913. The van der Waals surface area contributed by atoms with Gasteiger partial charge in [-0.15, -0.1) is 0 Å². The molecule has 1 heteroatoms. The zero-order valence-corrected chi connectivity index (χ0v) is 11.6. The molecule has 0 saturated heterocycles. The maximum absolute atomic E-state index is 12.3. The summed E-state index contributed by atoms with van der Waals surface area (Å²) in [6.45, 7) is 4.15. The highest BCUT2D eigenvalue weighted by molar-refractivity contribution is 5.98. The largest absolute Gasteiger partial charge is 0.294 e. The van der Waals surface area contributed by atoms with E-state index in [1.165, 1.54) is 5.56 Å². The lowest BCUT2D eigenvalue weighted by atomic mass is 9.92. The van der Waals surface area contributed by atoms with Gasteiger partial charge in [0.2, 0.25) is 0 Å². The van der Waals surface area contributed by atoms with Gasteiger partial charge in [-0.25, -0.2) is 0 Å². The van der Waals surface area contributed by atoms with Crippen LogP contribution in [0.4, 0.5) is 0 Å². The first kappa shape index (κ1) is 13.5. The van der Waals surface area contributed by atoms with Gasteiger partial charge >= 0.3 is 0 Å². The average Bonchev–Trinajstić information content (AvgIpc) is 2.49. The van der Waals surface area contributed by atoms with E-state index in [1.54, 1.807) is 0 Å². The van der Waals surface area contributed by atoms with Crippen molar-refractivity contribution in [1.82, 2.24) is 0 Å². The molecule has 0 fully saturated rings. The molecule has 2 rings (SSSR count). The van der Waals surface area contributed by atoms with Crippen LogP contribution in [0.1, 0.15) is 37.0 Å². The van der Waals surface area contributed by atoms with Crippen LogP contribution in [0.15, 0.2) is 54.6 Å². The van der Waals surface area contributed by atoms with E-state index in [1.807, 2.05) is 42.5 Å². The molecule has 0 aliphatic rings. The molecule has 1 nitrogen and oxygen atoms in total. The van der Waals surface area contributed by atoms with Gasteiger partial charge in [-0.05, 0) is 24.0 Å². The van der Waals surface area contributed by atoms with Crippen LogP contribution < -0.4 is 0 Å². The normalized spacial score (nSPS) is 10.7. The lowest BCUT2D eigenvalue weighted by Gasteiger charge is -2.11. The first-order valence-electron chi connectivity index (χ1n) is 6.96. The molecule has 19 heavy (non-hydrogen) atoms. The highest BCUT2D eigenvalue weighted by atomic mass is 16.1. The zero-order valence-electron chi connectivity index (χ0n) is 11.6. The summed E-state index contributed by atoms with van der Waals surface area (Å²) in [5, 5.41) is 0. The predicted octanol–water partition coefficient (Wildman–Crippen LogP) is 4.97. The summed E-state index contributed by atoms with van der Waals surface area (Å²) in [6.07, 6.45) is 1.82. The van der Waals surface area contributed by atoms with E-state index in [9.17, 15) is 4.79 Å². The van der Waals surface area contributed by atoms with E-state index in [4.69, 9.17) is 0 Å². The third-order valence-corrected chi connectivity index (χ3v) is 3.63. The molecule has 98 valence electrons. The fourth-order valence-corrected chi connectivity index (χ4v) is 2.35. The van der Waals surface area contributed by atoms with Gasteiger partial charge in [-0.3, -0.25) is 4.79 Å². The quantitative estimate of drug-likeness (QED) is 0.686. The van der Waals surface area contributed by atoms with Gasteiger partial charge in [-0.2, -0.15) is 0 Å². The SMILES string of the molecule is CCC(CC)C(=O)c1ccc(-c2ccccc2)cc1. The second-order valence-electron chi connectivity index (χ2n) is 4.82. The summed E-state index contributed by atoms with van der Waals surface area (Å²) in [5.41, 5.74) is 3.17. The van der Waals surface area contributed by atoms with E-state index in [2.05, 4.69) is 26.0 Å². The summed E-state index contributed by atoms with van der Waals surface area (Å²) in [7, 11) is 0. The van der Waals surface area contributed by atoms with Crippen LogP contribution in [0.25, 0.3) is 11.1 Å². The van der Waals surface area contributed by atoms with Crippen molar-refractivity contribution in [1.29, 1.82) is 0 Å². The van der Waals surface area contributed by atoms with Crippen LogP contribution in [0.3, 0.4) is 0 Å². The Balaban J connectivity index is 2.22. The van der Waals surface area contributed by atoms with Crippen LogP contribution in [-0.4, -0.2) is 5.78 Å². The van der Waals surface area contributed by atoms with Gasteiger partial charge in [0.05, 0.1) is 0 Å². The molecule has 0 radical (unpaired) electrons. The molecular formula is C18H20O. The number of rotatable bonds is 5. The highest BCUT2D eigenvalue weighted by Gasteiger charge is 2.15. The van der Waals surface area contributed by atoms with Gasteiger partial charge in [0, 0.05) is 11.5 Å². The predicted molar refractivity (Wildman–Crippen MR) is 80.3 cm³/mol. The van der Waals surface area contributed by atoms with E-state index < -0.39 is 0 Å². The van der Waals surface area contributed by atoms with Crippen molar-refractivity contribution >= 4 is 5.78 Å². The minimum absolute atomic E-state index is 0.155. The van der Waals surface area contributed by atoms with Crippen molar-refractivity contribution in [3.63, 3.8) is 0 Å². The number of Topliss-reactive ketones (excluding diaryl/α,β-unsaturated/α-hetero) is 1. The van der Waals surface area contributed by atoms with Crippen molar-refractivity contribution in [2.24, 2.45) is 5.92 Å². The number of benzene rings is 2. The maximum atomic E-state index is 12.3. The molecule has 0 unspecified atom stereocenters. The van der Waals surface area contributed by atoms with E-state index in [-0.39, 0.29) is 11.7 Å².